The molecule has 1 aromatic carbocycles. The first kappa shape index (κ1) is 13.6. The van der Waals surface area contributed by atoms with E-state index in [-0.39, 0.29) is 0 Å². The summed E-state index contributed by atoms with van der Waals surface area (Å²) in [6.45, 7) is 5.81. The molecule has 0 fully saturated rings. The van der Waals surface area contributed by atoms with E-state index < -0.39 is 0 Å². The summed E-state index contributed by atoms with van der Waals surface area (Å²) in [7, 11) is 0. The minimum atomic E-state index is 0.394. The molecule has 0 saturated heterocycles. The number of nitrogens with zero attached hydrogens (tertiary/aromatic N) is 2. The van der Waals surface area contributed by atoms with Crippen LogP contribution in [-0.4, -0.2) is 29.5 Å². The molecule has 0 bridgehead atoms. The van der Waals surface area contributed by atoms with Gasteiger partial charge in [-0.3, -0.25) is 0 Å². The standard InChI is InChI=1S/C17H22N4O/c1-12-8-17-19-10-13(11-21(17)20-12)9-18-15-6-7-22-16-5-3-2-4-14(15)16/h2-5,8,13,15,18-19H,6-7,9-11H2,1H3. The number of aromatic nitrogens is 2. The number of nitrogens with one attached hydrogen (secondary N) is 2. The molecule has 2 aliphatic rings. The van der Waals surface area contributed by atoms with Crippen LogP contribution in [0.1, 0.15) is 23.7 Å². The molecule has 5 heteroatoms. The van der Waals surface area contributed by atoms with Crippen molar-refractivity contribution in [2.24, 2.45) is 5.92 Å². The average molecular weight is 298 g/mol. The third-order valence-electron chi connectivity index (χ3n) is 4.52. The molecular formula is C17H22N4O. The van der Waals surface area contributed by atoms with Gasteiger partial charge >= 0.3 is 0 Å². The maximum Gasteiger partial charge on any atom is 0.124 e. The third kappa shape index (κ3) is 2.57. The Kier molecular flexibility index (Phi) is 3.50. The summed E-state index contributed by atoms with van der Waals surface area (Å²) in [5.41, 5.74) is 2.36. The Labute approximate surface area is 130 Å². The highest BCUT2D eigenvalue weighted by Crippen LogP contribution is 2.31. The van der Waals surface area contributed by atoms with E-state index in [1.807, 2.05) is 13.0 Å². The van der Waals surface area contributed by atoms with Gasteiger partial charge in [0.15, 0.2) is 0 Å². The molecule has 0 spiro atoms. The summed E-state index contributed by atoms with van der Waals surface area (Å²) in [6.07, 6.45) is 1.03. The van der Waals surface area contributed by atoms with Gasteiger partial charge in [0, 0.05) is 49.6 Å². The van der Waals surface area contributed by atoms with Gasteiger partial charge in [0.05, 0.1) is 12.3 Å². The molecule has 2 aromatic rings. The zero-order valence-corrected chi connectivity index (χ0v) is 12.9. The largest absolute Gasteiger partial charge is 0.493 e. The van der Waals surface area contributed by atoms with Crippen LogP contribution in [0, 0.1) is 12.8 Å². The average Bonchev–Trinajstić information content (AvgIpc) is 2.92. The van der Waals surface area contributed by atoms with E-state index in [9.17, 15) is 0 Å². The van der Waals surface area contributed by atoms with Crippen molar-refractivity contribution in [1.29, 1.82) is 0 Å². The van der Waals surface area contributed by atoms with Crippen molar-refractivity contribution >= 4 is 5.82 Å². The number of anilines is 1. The minimum Gasteiger partial charge on any atom is -0.493 e. The summed E-state index contributed by atoms with van der Waals surface area (Å²) >= 11 is 0. The van der Waals surface area contributed by atoms with Gasteiger partial charge in [-0.2, -0.15) is 5.10 Å². The van der Waals surface area contributed by atoms with E-state index in [0.29, 0.717) is 12.0 Å². The van der Waals surface area contributed by atoms with Gasteiger partial charge in [-0.1, -0.05) is 18.2 Å². The van der Waals surface area contributed by atoms with E-state index in [0.717, 1.165) is 49.9 Å². The number of ether oxygens (including phenoxy) is 1. The fraction of sp³-hybridized carbons (Fsp3) is 0.471. The molecule has 0 radical (unpaired) electrons. The normalized spacial score (nSPS) is 23.1. The van der Waals surface area contributed by atoms with Crippen molar-refractivity contribution in [3.8, 4) is 5.75 Å². The monoisotopic (exact) mass is 298 g/mol. The maximum atomic E-state index is 5.73. The van der Waals surface area contributed by atoms with Crippen molar-refractivity contribution < 1.29 is 4.74 Å². The molecule has 1 aromatic heterocycles. The minimum absolute atomic E-state index is 0.394. The van der Waals surface area contributed by atoms with E-state index in [1.165, 1.54) is 5.56 Å². The summed E-state index contributed by atoms with van der Waals surface area (Å²) in [6, 6.07) is 10.9. The number of hydrogen-bond acceptors (Lipinski definition) is 4. The predicted molar refractivity (Wildman–Crippen MR) is 86.2 cm³/mol. The summed E-state index contributed by atoms with van der Waals surface area (Å²) in [5, 5.41) is 11.7. The maximum absolute atomic E-state index is 5.73. The third-order valence-corrected chi connectivity index (χ3v) is 4.52. The summed E-state index contributed by atoms with van der Waals surface area (Å²) < 4.78 is 7.81. The SMILES string of the molecule is Cc1cc2n(n1)CC(CNC1CCOc3ccccc31)CN2. The summed E-state index contributed by atoms with van der Waals surface area (Å²) in [4.78, 5) is 0. The van der Waals surface area contributed by atoms with Gasteiger partial charge in [0.25, 0.3) is 0 Å². The smallest absolute Gasteiger partial charge is 0.124 e. The Bertz CT molecular complexity index is 666. The summed E-state index contributed by atoms with van der Waals surface area (Å²) in [5.74, 6) is 2.73. The number of rotatable bonds is 3. The van der Waals surface area contributed by atoms with Gasteiger partial charge in [-0.25, -0.2) is 4.68 Å². The van der Waals surface area contributed by atoms with Crippen LogP contribution in [0.3, 0.4) is 0 Å². The lowest BCUT2D eigenvalue weighted by molar-refractivity contribution is 0.245. The molecule has 116 valence electrons. The fourth-order valence-electron chi connectivity index (χ4n) is 3.38. The van der Waals surface area contributed by atoms with Crippen LogP contribution in [0.15, 0.2) is 30.3 Å². The van der Waals surface area contributed by atoms with Gasteiger partial charge in [0.1, 0.15) is 11.6 Å². The van der Waals surface area contributed by atoms with E-state index in [1.54, 1.807) is 0 Å². The molecular weight excluding hydrogens is 276 g/mol. The van der Waals surface area contributed by atoms with Gasteiger partial charge in [-0.05, 0) is 13.0 Å². The molecule has 3 heterocycles. The lowest BCUT2D eigenvalue weighted by Crippen LogP contribution is -2.37. The highest BCUT2D eigenvalue weighted by molar-refractivity contribution is 5.39. The van der Waals surface area contributed by atoms with E-state index >= 15 is 0 Å². The molecule has 2 unspecified atom stereocenters. The van der Waals surface area contributed by atoms with Crippen LogP contribution in [0.4, 0.5) is 5.82 Å². The van der Waals surface area contributed by atoms with Crippen molar-refractivity contribution in [2.75, 3.05) is 25.0 Å². The van der Waals surface area contributed by atoms with Crippen molar-refractivity contribution in [1.82, 2.24) is 15.1 Å². The Balaban J connectivity index is 1.40. The molecule has 0 aliphatic carbocycles. The quantitative estimate of drug-likeness (QED) is 0.913. The molecule has 2 N–H and O–H groups in total. The molecule has 22 heavy (non-hydrogen) atoms. The lowest BCUT2D eigenvalue weighted by atomic mass is 9.99. The van der Waals surface area contributed by atoms with Crippen LogP contribution in [0.25, 0.3) is 0 Å². The van der Waals surface area contributed by atoms with Gasteiger partial charge < -0.3 is 15.4 Å². The first-order valence-electron chi connectivity index (χ1n) is 8.03. The zero-order valence-electron chi connectivity index (χ0n) is 12.9. The number of aryl methyl sites for hydroxylation is 1. The zero-order chi connectivity index (χ0) is 14.9. The lowest BCUT2D eigenvalue weighted by Gasteiger charge is -2.30. The van der Waals surface area contributed by atoms with Crippen molar-refractivity contribution in [3.63, 3.8) is 0 Å². The molecule has 4 rings (SSSR count). The van der Waals surface area contributed by atoms with Crippen molar-refractivity contribution in [2.45, 2.75) is 25.9 Å². The highest BCUT2D eigenvalue weighted by atomic mass is 16.5. The second kappa shape index (κ2) is 5.65. The van der Waals surface area contributed by atoms with Crippen LogP contribution in [0.2, 0.25) is 0 Å². The van der Waals surface area contributed by atoms with E-state index in [4.69, 9.17) is 4.74 Å². The molecule has 0 amide bonds. The Morgan fingerprint density at radius 3 is 3.27 bits per heavy atom. The molecule has 0 saturated carbocycles. The first-order valence-corrected chi connectivity index (χ1v) is 8.03. The second-order valence-electron chi connectivity index (χ2n) is 6.24. The number of fused-ring (bicyclic) bond motifs is 2. The number of hydrogen-bond donors (Lipinski definition) is 2. The van der Waals surface area contributed by atoms with Crippen LogP contribution >= 0.6 is 0 Å². The van der Waals surface area contributed by atoms with Crippen LogP contribution in [0.5, 0.6) is 5.75 Å². The van der Waals surface area contributed by atoms with Crippen LogP contribution in [-0.2, 0) is 6.54 Å². The Morgan fingerprint density at radius 2 is 2.32 bits per heavy atom. The van der Waals surface area contributed by atoms with Gasteiger partial charge in [-0.15, -0.1) is 0 Å². The Morgan fingerprint density at radius 1 is 1.41 bits per heavy atom. The second-order valence-corrected chi connectivity index (χ2v) is 6.24. The molecule has 5 nitrogen and oxygen atoms in total. The van der Waals surface area contributed by atoms with Crippen molar-refractivity contribution in [3.05, 3.63) is 41.6 Å². The van der Waals surface area contributed by atoms with Gasteiger partial charge in [0.2, 0.25) is 0 Å². The molecule has 2 aliphatic heterocycles. The predicted octanol–water partition coefficient (Wildman–Crippen LogP) is 2.35. The molecule has 2 atom stereocenters. The fourth-order valence-corrected chi connectivity index (χ4v) is 3.38. The number of benzene rings is 1. The number of para-hydroxylation sites is 1. The Hall–Kier alpha value is -2.01. The van der Waals surface area contributed by atoms with E-state index in [2.05, 4.69) is 44.7 Å². The van der Waals surface area contributed by atoms with Crippen LogP contribution < -0.4 is 15.4 Å². The first-order chi connectivity index (χ1) is 10.8. The topological polar surface area (TPSA) is 51.1 Å². The highest BCUT2D eigenvalue weighted by Gasteiger charge is 2.24.